The van der Waals surface area contributed by atoms with Gasteiger partial charge in [-0.05, 0) is 54.7 Å². The van der Waals surface area contributed by atoms with Gasteiger partial charge in [-0.3, -0.25) is 14.5 Å². The summed E-state index contributed by atoms with van der Waals surface area (Å²) in [5.41, 5.74) is 7.56. The Morgan fingerprint density at radius 1 is 0.897 bits per heavy atom. The number of aliphatic carboxylic acids is 1. The molecule has 0 unspecified atom stereocenters. The van der Waals surface area contributed by atoms with Gasteiger partial charge >= 0.3 is 5.97 Å². The Kier molecular flexibility index (Phi) is 10.4. The molecule has 0 aliphatic carbocycles. The fraction of sp³-hybridized carbons (Fsp3) is 0.233. The van der Waals surface area contributed by atoms with E-state index in [1.165, 1.54) is 24.4 Å². The highest BCUT2D eigenvalue weighted by Crippen LogP contribution is 2.33. The van der Waals surface area contributed by atoms with E-state index in [1.807, 2.05) is 6.07 Å². The fourth-order valence-electron chi connectivity index (χ4n) is 4.03. The Balaban J connectivity index is 1.90. The predicted octanol–water partition coefficient (Wildman–Crippen LogP) is 4.10. The predicted molar refractivity (Wildman–Crippen MR) is 148 cm³/mol. The lowest BCUT2D eigenvalue weighted by atomic mass is 10.0. The summed E-state index contributed by atoms with van der Waals surface area (Å²) >= 11 is 0. The Morgan fingerprint density at radius 3 is 2.18 bits per heavy atom. The second-order valence-corrected chi connectivity index (χ2v) is 8.91. The molecule has 0 bridgehead atoms. The van der Waals surface area contributed by atoms with Crippen LogP contribution >= 0.6 is 0 Å². The monoisotopic (exact) mass is 531 g/mol. The summed E-state index contributed by atoms with van der Waals surface area (Å²) in [5, 5.41) is 39.3. The third-order valence-electron chi connectivity index (χ3n) is 6.15. The van der Waals surface area contributed by atoms with Crippen LogP contribution in [0.1, 0.15) is 52.7 Å². The minimum atomic E-state index is -2.73. The maximum Gasteiger partial charge on any atom is 0.303 e. The minimum Gasteiger partial charge on any atom is -0.493 e. The molecule has 0 radical (unpaired) electrons. The molecule has 9 nitrogen and oxygen atoms in total. The second kappa shape index (κ2) is 13.9. The Bertz CT molecular complexity index is 1290. The number of nitrogens with two attached hydrogens (primary N) is 1. The number of nitrogens with zero attached hydrogens (tertiary/aromatic N) is 1. The number of carbonyl (C=O) groups excluding carboxylic acids is 1. The van der Waals surface area contributed by atoms with Gasteiger partial charge in [-0.25, -0.2) is 0 Å². The van der Waals surface area contributed by atoms with Gasteiger partial charge < -0.3 is 31.2 Å². The summed E-state index contributed by atoms with van der Waals surface area (Å²) in [6.45, 7) is 0.136. The van der Waals surface area contributed by atoms with E-state index < -0.39 is 17.8 Å². The van der Waals surface area contributed by atoms with Crippen molar-refractivity contribution >= 4 is 23.7 Å². The number of carboxylic acid groups (broad SMARTS) is 1. The lowest BCUT2D eigenvalue weighted by Crippen LogP contribution is -2.49. The highest BCUT2D eigenvalue weighted by atomic mass is 16.5. The van der Waals surface area contributed by atoms with Crippen LogP contribution in [0.25, 0.3) is 5.57 Å². The number of hydrogen-bond acceptors (Lipinski definition) is 7. The van der Waals surface area contributed by atoms with E-state index in [-0.39, 0.29) is 36.4 Å². The van der Waals surface area contributed by atoms with Crippen LogP contribution in [0.2, 0.25) is 0 Å². The van der Waals surface area contributed by atoms with Crippen LogP contribution in [0.15, 0.2) is 85.1 Å². The summed E-state index contributed by atoms with van der Waals surface area (Å²) in [7, 11) is 0. The van der Waals surface area contributed by atoms with E-state index in [1.54, 1.807) is 54.6 Å². The Labute approximate surface area is 227 Å². The van der Waals surface area contributed by atoms with Gasteiger partial charge in [0.05, 0.1) is 18.7 Å². The third kappa shape index (κ3) is 7.76. The number of nitrogens with one attached hydrogen (secondary N) is 1. The summed E-state index contributed by atoms with van der Waals surface area (Å²) in [6, 6.07) is 21.7. The van der Waals surface area contributed by atoms with Crippen molar-refractivity contribution in [3.05, 3.63) is 107 Å². The van der Waals surface area contributed by atoms with Gasteiger partial charge in [0.1, 0.15) is 5.75 Å². The maximum atomic E-state index is 13.7. The number of ether oxygens (including phenoxy) is 1. The lowest BCUT2D eigenvalue weighted by Gasteiger charge is -2.36. The Hall–Kier alpha value is -4.47. The SMILES string of the molecule is N=C/C(=C\N)c1ccc(C(=O)N(Cc2ccccc2)C(O)(O)c2ccccc2OCCCCCC(=O)O)cc1. The molecule has 3 aromatic carbocycles. The smallest absolute Gasteiger partial charge is 0.303 e. The number of hydrogen-bond donors (Lipinski definition) is 5. The molecule has 3 rings (SSSR count). The van der Waals surface area contributed by atoms with Crippen LogP contribution in [0.5, 0.6) is 5.75 Å². The van der Waals surface area contributed by atoms with Crippen molar-refractivity contribution < 1.29 is 29.6 Å². The van der Waals surface area contributed by atoms with E-state index in [9.17, 15) is 19.8 Å². The average molecular weight is 532 g/mol. The maximum absolute atomic E-state index is 13.7. The van der Waals surface area contributed by atoms with Gasteiger partial charge in [-0.1, -0.05) is 54.6 Å². The van der Waals surface area contributed by atoms with Gasteiger partial charge in [-0.15, -0.1) is 0 Å². The first-order valence-corrected chi connectivity index (χ1v) is 12.6. The van der Waals surface area contributed by atoms with Crippen molar-refractivity contribution in [2.45, 2.75) is 38.1 Å². The van der Waals surface area contributed by atoms with Crippen molar-refractivity contribution in [3.63, 3.8) is 0 Å². The molecule has 0 aromatic heterocycles. The molecule has 9 heteroatoms. The topological polar surface area (TPSA) is 157 Å². The van der Waals surface area contributed by atoms with Crippen molar-refractivity contribution in [3.8, 4) is 5.75 Å². The van der Waals surface area contributed by atoms with Crippen LogP contribution in [0.4, 0.5) is 0 Å². The van der Waals surface area contributed by atoms with Gasteiger partial charge in [0.2, 0.25) is 0 Å². The van der Waals surface area contributed by atoms with E-state index >= 15 is 0 Å². The average Bonchev–Trinajstić information content (AvgIpc) is 2.95. The molecule has 0 atom stereocenters. The van der Waals surface area contributed by atoms with Gasteiger partial charge in [0, 0.05) is 30.0 Å². The molecule has 0 fully saturated rings. The highest BCUT2D eigenvalue weighted by Gasteiger charge is 2.40. The van der Waals surface area contributed by atoms with Crippen LogP contribution in [0.3, 0.4) is 0 Å². The summed E-state index contributed by atoms with van der Waals surface area (Å²) in [5.74, 6) is -4.02. The summed E-state index contributed by atoms with van der Waals surface area (Å²) < 4.78 is 5.84. The summed E-state index contributed by atoms with van der Waals surface area (Å²) in [4.78, 5) is 25.4. The van der Waals surface area contributed by atoms with Crippen molar-refractivity contribution in [1.82, 2.24) is 4.90 Å². The molecule has 0 aliphatic rings. The van der Waals surface area contributed by atoms with E-state index in [4.69, 9.17) is 21.0 Å². The standard InChI is InChI=1S/C30H33N3O6/c31-19-25(20-32)23-14-16-24(17-15-23)29(36)33(21-22-9-3-1-4-10-22)30(37,38)26-11-6-7-12-27(26)39-18-8-2-5-13-28(34)35/h1,3-4,6-7,9-12,14-17,19-20,31,37-38H,2,5,8,13,18,21,32H2,(H,34,35)/b25-20+,31-19?. The number of aliphatic hydroxyl groups is 2. The molecule has 204 valence electrons. The Morgan fingerprint density at radius 2 is 1.54 bits per heavy atom. The van der Waals surface area contributed by atoms with Gasteiger partial charge in [0.15, 0.2) is 0 Å². The number of amides is 1. The zero-order valence-corrected chi connectivity index (χ0v) is 21.5. The molecule has 0 saturated carbocycles. The zero-order chi connectivity index (χ0) is 28.3. The number of carbonyl (C=O) groups is 2. The molecule has 0 aliphatic heterocycles. The first-order valence-electron chi connectivity index (χ1n) is 12.6. The molecule has 0 spiro atoms. The lowest BCUT2D eigenvalue weighted by molar-refractivity contribution is -0.259. The number of benzene rings is 3. The minimum absolute atomic E-state index is 0.00593. The molecule has 1 amide bonds. The van der Waals surface area contributed by atoms with Gasteiger partial charge in [0.25, 0.3) is 11.8 Å². The number of allylic oxidation sites excluding steroid dienone is 1. The van der Waals surface area contributed by atoms with E-state index in [0.29, 0.717) is 36.0 Å². The molecular formula is C30H33N3O6. The van der Waals surface area contributed by atoms with Crippen LogP contribution < -0.4 is 10.5 Å². The second-order valence-electron chi connectivity index (χ2n) is 8.91. The fourth-order valence-corrected chi connectivity index (χ4v) is 4.03. The quantitative estimate of drug-likeness (QED) is 0.119. The van der Waals surface area contributed by atoms with Crippen molar-refractivity contribution in [1.29, 1.82) is 5.41 Å². The number of rotatable bonds is 14. The first-order chi connectivity index (χ1) is 18.8. The molecule has 0 heterocycles. The van der Waals surface area contributed by atoms with Crippen LogP contribution in [0, 0.1) is 5.41 Å². The largest absolute Gasteiger partial charge is 0.493 e. The highest BCUT2D eigenvalue weighted by molar-refractivity contribution is 6.08. The van der Waals surface area contributed by atoms with Crippen molar-refractivity contribution in [2.75, 3.05) is 6.61 Å². The first kappa shape index (κ1) is 29.1. The third-order valence-corrected chi connectivity index (χ3v) is 6.15. The molecule has 39 heavy (non-hydrogen) atoms. The van der Waals surface area contributed by atoms with Gasteiger partial charge in [-0.2, -0.15) is 0 Å². The van der Waals surface area contributed by atoms with Crippen LogP contribution in [-0.4, -0.2) is 44.9 Å². The molecule has 0 saturated heterocycles. The molecule has 3 aromatic rings. The van der Waals surface area contributed by atoms with E-state index in [0.717, 1.165) is 11.1 Å². The normalized spacial score (nSPS) is 11.6. The van der Waals surface area contributed by atoms with E-state index in [2.05, 4.69) is 0 Å². The molecular weight excluding hydrogens is 498 g/mol. The van der Waals surface area contributed by atoms with Crippen molar-refractivity contribution in [2.24, 2.45) is 5.73 Å². The summed E-state index contributed by atoms with van der Waals surface area (Å²) in [6.07, 6.45) is 4.22. The van der Waals surface area contributed by atoms with Crippen LogP contribution in [-0.2, 0) is 17.3 Å². The molecule has 6 N–H and O–H groups in total. The number of para-hydroxylation sites is 1. The number of unbranched alkanes of at least 4 members (excludes halogenated alkanes) is 2. The zero-order valence-electron chi connectivity index (χ0n) is 21.5. The number of carboxylic acids is 1.